The third-order valence-electron chi connectivity index (χ3n) is 3.10. The van der Waals surface area contributed by atoms with Gasteiger partial charge in [-0.15, -0.1) is 0 Å². The highest BCUT2D eigenvalue weighted by atomic mass is 33.1. The van der Waals surface area contributed by atoms with E-state index in [1.54, 1.807) is 34.9 Å². The summed E-state index contributed by atoms with van der Waals surface area (Å²) in [5, 5.41) is 4.36. The third-order valence-corrected chi connectivity index (χ3v) is 6.07. The molecule has 1 aromatic heterocycles. The maximum Gasteiger partial charge on any atom is 0.252 e. The molecule has 2 aromatic rings. The second-order valence-corrected chi connectivity index (χ2v) is 8.39. The lowest BCUT2D eigenvalue weighted by Crippen LogP contribution is -2.35. The largest absolute Gasteiger partial charge is 0.383 e. The number of carbonyl (C=O) groups excluding carboxylic acids is 1. The van der Waals surface area contributed by atoms with Gasteiger partial charge in [-0.3, -0.25) is 9.78 Å². The first-order valence-electron chi connectivity index (χ1n) is 7.53. The normalized spacial score (nSPS) is 12.6. The Morgan fingerprint density at radius 2 is 2.09 bits per heavy atom. The van der Waals surface area contributed by atoms with Crippen molar-refractivity contribution >= 4 is 38.4 Å². The van der Waals surface area contributed by atoms with Crippen molar-refractivity contribution in [3.8, 4) is 0 Å². The Labute approximate surface area is 145 Å². The van der Waals surface area contributed by atoms with Crippen molar-refractivity contribution < 1.29 is 9.53 Å². The summed E-state index contributed by atoms with van der Waals surface area (Å²) in [6, 6.07) is 7.63. The van der Waals surface area contributed by atoms with Crippen LogP contribution in [0.5, 0.6) is 0 Å². The molecular weight excluding hydrogens is 328 g/mol. The molecule has 1 heterocycles. The van der Waals surface area contributed by atoms with Gasteiger partial charge < -0.3 is 10.1 Å². The Morgan fingerprint density at radius 3 is 2.78 bits per heavy atom. The van der Waals surface area contributed by atoms with E-state index in [4.69, 9.17) is 4.74 Å². The molecule has 1 amide bonds. The fourth-order valence-electron chi connectivity index (χ4n) is 2.15. The van der Waals surface area contributed by atoms with Gasteiger partial charge in [0.15, 0.2) is 0 Å². The van der Waals surface area contributed by atoms with E-state index in [9.17, 15) is 4.79 Å². The smallest absolute Gasteiger partial charge is 0.252 e. The number of fused-ring (bicyclic) bond motifs is 1. The van der Waals surface area contributed by atoms with E-state index >= 15 is 0 Å². The molecule has 124 valence electrons. The van der Waals surface area contributed by atoms with Gasteiger partial charge in [0.2, 0.25) is 0 Å². The minimum absolute atomic E-state index is 0.0373. The second kappa shape index (κ2) is 8.57. The average molecular weight is 351 g/mol. The predicted octanol–water partition coefficient (Wildman–Crippen LogP) is 4.15. The van der Waals surface area contributed by atoms with Gasteiger partial charge in [-0.05, 0) is 25.1 Å². The number of hydrogen-bond donors (Lipinski definition) is 1. The predicted molar refractivity (Wildman–Crippen MR) is 99.1 cm³/mol. The van der Waals surface area contributed by atoms with Gasteiger partial charge in [0.1, 0.15) is 0 Å². The van der Waals surface area contributed by atoms with Gasteiger partial charge in [0, 0.05) is 40.4 Å². The zero-order valence-electron chi connectivity index (χ0n) is 13.8. The number of ether oxygens (including phenoxy) is 1. The van der Waals surface area contributed by atoms with Gasteiger partial charge in [-0.25, -0.2) is 0 Å². The highest BCUT2D eigenvalue weighted by molar-refractivity contribution is 8.77. The van der Waals surface area contributed by atoms with Crippen LogP contribution in [0.1, 0.15) is 31.1 Å². The Balaban J connectivity index is 2.31. The maximum atomic E-state index is 12.5. The topological polar surface area (TPSA) is 51.2 Å². The summed E-state index contributed by atoms with van der Waals surface area (Å²) in [6.45, 7) is 6.73. The van der Waals surface area contributed by atoms with Crippen LogP contribution >= 0.6 is 21.6 Å². The maximum absolute atomic E-state index is 12.5. The summed E-state index contributed by atoms with van der Waals surface area (Å²) in [5.74, 6) is -0.0967. The molecule has 23 heavy (non-hydrogen) atoms. The van der Waals surface area contributed by atoms with Crippen molar-refractivity contribution in [3.05, 3.63) is 36.0 Å². The molecule has 2 rings (SSSR count). The van der Waals surface area contributed by atoms with E-state index in [0.29, 0.717) is 17.4 Å². The number of amides is 1. The molecule has 0 aliphatic carbocycles. The van der Waals surface area contributed by atoms with Crippen LogP contribution in [0.4, 0.5) is 0 Å². The van der Waals surface area contributed by atoms with Gasteiger partial charge in [0.25, 0.3) is 5.91 Å². The van der Waals surface area contributed by atoms with Gasteiger partial charge in [-0.2, -0.15) is 0 Å². The molecular formula is C17H22N2O2S2. The molecule has 1 atom stereocenters. The summed E-state index contributed by atoms with van der Waals surface area (Å²) in [6.07, 6.45) is 1.77. The monoisotopic (exact) mass is 350 g/mol. The number of methoxy groups -OCH3 is 1. The molecule has 4 nitrogen and oxygen atoms in total. The first-order chi connectivity index (χ1) is 11.0. The van der Waals surface area contributed by atoms with Crippen molar-refractivity contribution in [1.82, 2.24) is 10.3 Å². The first kappa shape index (κ1) is 18.1. The molecule has 0 aliphatic heterocycles. The summed E-state index contributed by atoms with van der Waals surface area (Å²) < 4.78 is 5.07. The zero-order chi connectivity index (χ0) is 16.8. The zero-order valence-corrected chi connectivity index (χ0v) is 15.5. The Bertz CT molecular complexity index is 677. The number of hydrogen-bond acceptors (Lipinski definition) is 5. The summed E-state index contributed by atoms with van der Waals surface area (Å²) in [7, 11) is 5.12. The minimum Gasteiger partial charge on any atom is -0.383 e. The molecule has 1 unspecified atom stereocenters. The van der Waals surface area contributed by atoms with Gasteiger partial charge in [0.05, 0.1) is 12.1 Å². The molecule has 1 N–H and O–H groups in total. The van der Waals surface area contributed by atoms with Gasteiger partial charge in [-0.1, -0.05) is 41.5 Å². The fraction of sp³-hybridized carbons (Fsp3) is 0.412. The third kappa shape index (κ3) is 4.86. The van der Waals surface area contributed by atoms with Crippen LogP contribution in [0.3, 0.4) is 0 Å². The van der Waals surface area contributed by atoms with E-state index in [2.05, 4.69) is 24.1 Å². The number of carbonyl (C=O) groups is 1. The number of pyridine rings is 1. The lowest BCUT2D eigenvalue weighted by molar-refractivity contribution is 0.0907. The highest BCUT2D eigenvalue weighted by Crippen LogP contribution is 2.38. The molecule has 0 spiro atoms. The SMILES string of the molecule is COCC(C)NC(=O)c1ccc(SSC(C)C)c2ncccc12. The lowest BCUT2D eigenvalue weighted by Gasteiger charge is -2.15. The van der Waals surface area contributed by atoms with Crippen LogP contribution < -0.4 is 5.32 Å². The molecule has 1 aromatic carbocycles. The number of nitrogens with zero attached hydrogens (tertiary/aromatic N) is 1. The van der Waals surface area contributed by atoms with Crippen LogP contribution in [-0.2, 0) is 4.74 Å². The van der Waals surface area contributed by atoms with Crippen molar-refractivity contribution in [2.45, 2.75) is 37.0 Å². The lowest BCUT2D eigenvalue weighted by atomic mass is 10.1. The van der Waals surface area contributed by atoms with Crippen molar-refractivity contribution in [2.75, 3.05) is 13.7 Å². The first-order valence-corrected chi connectivity index (χ1v) is 9.75. The van der Waals surface area contributed by atoms with Crippen LogP contribution in [0.15, 0.2) is 35.4 Å². The average Bonchev–Trinajstić information content (AvgIpc) is 2.52. The molecule has 6 heteroatoms. The number of rotatable bonds is 7. The Hall–Kier alpha value is -1.24. The quantitative estimate of drug-likeness (QED) is 0.760. The van der Waals surface area contributed by atoms with E-state index in [-0.39, 0.29) is 11.9 Å². The van der Waals surface area contributed by atoms with Crippen LogP contribution in [-0.4, -0.2) is 35.9 Å². The summed E-state index contributed by atoms with van der Waals surface area (Å²) in [4.78, 5) is 18.1. The standard InChI is InChI=1S/C17H22N2O2S2/c1-11(2)22-23-15-8-7-14(13-6-5-9-18-16(13)15)17(20)19-12(3)10-21-4/h5-9,11-12H,10H2,1-4H3,(H,19,20). The summed E-state index contributed by atoms with van der Waals surface area (Å²) >= 11 is 0. The van der Waals surface area contributed by atoms with E-state index in [1.165, 1.54) is 0 Å². The minimum atomic E-state index is -0.0967. The van der Waals surface area contributed by atoms with Crippen molar-refractivity contribution in [1.29, 1.82) is 0 Å². The van der Waals surface area contributed by atoms with E-state index in [0.717, 1.165) is 15.8 Å². The molecule has 0 saturated heterocycles. The van der Waals surface area contributed by atoms with Crippen LogP contribution in [0, 0.1) is 0 Å². The van der Waals surface area contributed by atoms with E-state index < -0.39 is 0 Å². The fourth-order valence-corrected chi connectivity index (χ4v) is 4.11. The van der Waals surface area contributed by atoms with Crippen molar-refractivity contribution in [2.24, 2.45) is 0 Å². The summed E-state index contributed by atoms with van der Waals surface area (Å²) in [5.41, 5.74) is 1.52. The van der Waals surface area contributed by atoms with Gasteiger partial charge >= 0.3 is 0 Å². The van der Waals surface area contributed by atoms with E-state index in [1.807, 2.05) is 31.2 Å². The molecule has 0 bridgehead atoms. The van der Waals surface area contributed by atoms with Crippen molar-refractivity contribution in [3.63, 3.8) is 0 Å². The van der Waals surface area contributed by atoms with Crippen LogP contribution in [0.25, 0.3) is 10.9 Å². The second-order valence-electron chi connectivity index (χ2n) is 5.57. The Kier molecular flexibility index (Phi) is 6.74. The molecule has 0 radical (unpaired) electrons. The van der Waals surface area contributed by atoms with Crippen LogP contribution in [0.2, 0.25) is 0 Å². The number of aromatic nitrogens is 1. The Morgan fingerprint density at radius 1 is 1.30 bits per heavy atom. The molecule has 0 aliphatic rings. The highest BCUT2D eigenvalue weighted by Gasteiger charge is 2.15. The number of benzene rings is 1. The molecule has 0 saturated carbocycles. The number of nitrogens with one attached hydrogen (secondary N) is 1. The molecule has 0 fully saturated rings.